The van der Waals surface area contributed by atoms with Crippen molar-refractivity contribution < 1.29 is 14.4 Å². The van der Waals surface area contributed by atoms with Crippen LogP contribution in [0.2, 0.25) is 0 Å². The van der Waals surface area contributed by atoms with Gasteiger partial charge in [0.1, 0.15) is 12.1 Å². The Hall–Kier alpha value is -3.71. The molecule has 3 atom stereocenters. The Kier molecular flexibility index (Phi) is 7.23. The molecule has 3 aromatic rings. The van der Waals surface area contributed by atoms with Gasteiger partial charge in [-0.1, -0.05) is 60.7 Å². The highest BCUT2D eigenvalue weighted by molar-refractivity contribution is 6.00. The fraction of sp³-hybridized carbons (Fsp3) is 0.296. The molecule has 176 valence electrons. The first kappa shape index (κ1) is 23.4. The molecule has 1 aliphatic heterocycles. The van der Waals surface area contributed by atoms with E-state index in [1.165, 1.54) is 0 Å². The van der Waals surface area contributed by atoms with Crippen molar-refractivity contribution in [2.75, 3.05) is 11.9 Å². The van der Waals surface area contributed by atoms with Gasteiger partial charge >= 0.3 is 0 Å². The average Bonchev–Trinajstić information content (AvgIpc) is 3.34. The third-order valence-electron chi connectivity index (χ3n) is 6.17. The van der Waals surface area contributed by atoms with Gasteiger partial charge in [-0.15, -0.1) is 0 Å². The molecule has 4 N–H and O–H groups in total. The van der Waals surface area contributed by atoms with Crippen molar-refractivity contribution in [1.82, 2.24) is 10.2 Å². The molecule has 0 unspecified atom stereocenters. The molecule has 0 bridgehead atoms. The van der Waals surface area contributed by atoms with Crippen molar-refractivity contribution >= 4 is 34.2 Å². The first-order valence-corrected chi connectivity index (χ1v) is 11.6. The van der Waals surface area contributed by atoms with Crippen LogP contribution < -0.4 is 16.4 Å². The van der Waals surface area contributed by atoms with Gasteiger partial charge in [-0.2, -0.15) is 0 Å². The molecular formula is C27H30N4O3. The van der Waals surface area contributed by atoms with Crippen LogP contribution in [-0.2, 0) is 20.8 Å². The van der Waals surface area contributed by atoms with Crippen LogP contribution in [0.4, 0.5) is 5.69 Å². The highest BCUT2D eigenvalue weighted by Gasteiger charge is 2.38. The normalized spacial score (nSPS) is 17.2. The Morgan fingerprint density at radius 2 is 1.71 bits per heavy atom. The van der Waals surface area contributed by atoms with E-state index < -0.39 is 24.0 Å². The van der Waals surface area contributed by atoms with Crippen molar-refractivity contribution in [2.24, 2.45) is 5.73 Å². The number of nitrogens with two attached hydrogens (primary N) is 1. The average molecular weight is 459 g/mol. The van der Waals surface area contributed by atoms with E-state index in [4.69, 9.17) is 5.73 Å². The lowest BCUT2D eigenvalue weighted by atomic mass is 10.0. The van der Waals surface area contributed by atoms with Gasteiger partial charge < -0.3 is 21.3 Å². The number of nitrogens with one attached hydrogen (secondary N) is 2. The predicted octanol–water partition coefficient (Wildman–Crippen LogP) is 2.84. The molecule has 34 heavy (non-hydrogen) atoms. The molecule has 1 aliphatic rings. The number of carbonyl (C=O) groups is 3. The fourth-order valence-electron chi connectivity index (χ4n) is 4.35. The van der Waals surface area contributed by atoms with Crippen LogP contribution in [0.5, 0.6) is 0 Å². The summed E-state index contributed by atoms with van der Waals surface area (Å²) >= 11 is 0. The van der Waals surface area contributed by atoms with Gasteiger partial charge in [0.05, 0.1) is 6.04 Å². The van der Waals surface area contributed by atoms with Crippen molar-refractivity contribution in [1.29, 1.82) is 0 Å². The predicted molar refractivity (Wildman–Crippen MR) is 133 cm³/mol. The van der Waals surface area contributed by atoms with E-state index >= 15 is 0 Å². The quantitative estimate of drug-likeness (QED) is 0.506. The van der Waals surface area contributed by atoms with Crippen molar-refractivity contribution in [3.63, 3.8) is 0 Å². The molecule has 7 heteroatoms. The molecule has 3 amide bonds. The molecule has 0 radical (unpaired) electrons. The summed E-state index contributed by atoms with van der Waals surface area (Å²) in [6, 6.07) is 21.0. The third-order valence-corrected chi connectivity index (χ3v) is 6.17. The van der Waals surface area contributed by atoms with Gasteiger partial charge in [-0.3, -0.25) is 14.4 Å². The summed E-state index contributed by atoms with van der Waals surface area (Å²) in [5.74, 6) is -0.891. The molecule has 4 rings (SSSR count). The standard InChI is InChI=1S/C27H30N4O3/c1-18(28)25(32)30-23(16-19-8-3-2-4-9-19)27(34)31-15-7-12-24(31)26(33)29-22-14-13-20-10-5-6-11-21(20)17-22/h2-6,8-11,13-14,17-18,23-24H,7,12,15-16,28H2,1H3,(H,29,33)(H,30,32)/t18-,23+,24-/m1/s1. The van der Waals surface area contributed by atoms with Crippen LogP contribution in [0.1, 0.15) is 25.3 Å². The SMILES string of the molecule is C[C@@H](N)C(=O)N[C@@H](Cc1ccccc1)C(=O)N1CCC[C@@H]1C(=O)Nc1ccc2ccccc2c1. The molecular weight excluding hydrogens is 428 g/mol. The number of hydrogen-bond donors (Lipinski definition) is 3. The van der Waals surface area contributed by atoms with Crippen LogP contribution in [-0.4, -0.2) is 47.3 Å². The Balaban J connectivity index is 1.50. The van der Waals surface area contributed by atoms with Crippen LogP contribution >= 0.6 is 0 Å². The van der Waals surface area contributed by atoms with Crippen molar-refractivity contribution in [2.45, 2.75) is 44.3 Å². The van der Waals surface area contributed by atoms with Crippen LogP contribution in [0, 0.1) is 0 Å². The van der Waals surface area contributed by atoms with Crippen LogP contribution in [0.3, 0.4) is 0 Å². The van der Waals surface area contributed by atoms with Gasteiger partial charge in [0.25, 0.3) is 0 Å². The van der Waals surface area contributed by atoms with Crippen molar-refractivity contribution in [3.05, 3.63) is 78.4 Å². The minimum Gasteiger partial charge on any atom is -0.343 e. The molecule has 1 fully saturated rings. The lowest BCUT2D eigenvalue weighted by Crippen LogP contribution is -2.55. The largest absolute Gasteiger partial charge is 0.343 e. The molecule has 0 saturated carbocycles. The molecule has 3 aromatic carbocycles. The zero-order valence-electron chi connectivity index (χ0n) is 19.2. The summed E-state index contributed by atoms with van der Waals surface area (Å²) in [6.07, 6.45) is 1.62. The lowest BCUT2D eigenvalue weighted by molar-refractivity contribution is -0.140. The van der Waals surface area contributed by atoms with Crippen LogP contribution in [0.25, 0.3) is 10.8 Å². The maximum atomic E-state index is 13.5. The van der Waals surface area contributed by atoms with Gasteiger partial charge in [-0.25, -0.2) is 0 Å². The van der Waals surface area contributed by atoms with Crippen LogP contribution in [0.15, 0.2) is 72.8 Å². The van der Waals surface area contributed by atoms with Gasteiger partial charge in [0.15, 0.2) is 0 Å². The zero-order chi connectivity index (χ0) is 24.1. The van der Waals surface area contributed by atoms with Gasteiger partial charge in [0.2, 0.25) is 17.7 Å². The number of benzene rings is 3. The Morgan fingerprint density at radius 1 is 1.00 bits per heavy atom. The molecule has 0 spiro atoms. The van der Waals surface area contributed by atoms with E-state index in [1.807, 2.05) is 72.8 Å². The first-order valence-electron chi connectivity index (χ1n) is 11.6. The van der Waals surface area contributed by atoms with Gasteiger partial charge in [-0.05, 0) is 48.2 Å². The first-order chi connectivity index (χ1) is 16.4. The summed E-state index contributed by atoms with van der Waals surface area (Å²) in [7, 11) is 0. The summed E-state index contributed by atoms with van der Waals surface area (Å²) < 4.78 is 0. The number of fused-ring (bicyclic) bond motifs is 1. The minimum absolute atomic E-state index is 0.224. The third kappa shape index (κ3) is 5.43. The number of amides is 3. The summed E-state index contributed by atoms with van der Waals surface area (Å²) in [6.45, 7) is 2.04. The van der Waals surface area contributed by atoms with E-state index in [0.29, 0.717) is 25.1 Å². The number of nitrogens with zero attached hydrogens (tertiary/aromatic N) is 1. The smallest absolute Gasteiger partial charge is 0.247 e. The topological polar surface area (TPSA) is 105 Å². The molecule has 1 heterocycles. The molecule has 0 aliphatic carbocycles. The van der Waals surface area contributed by atoms with Crippen molar-refractivity contribution in [3.8, 4) is 0 Å². The summed E-state index contributed by atoms with van der Waals surface area (Å²) in [4.78, 5) is 40.6. The molecule has 0 aromatic heterocycles. The molecule has 7 nitrogen and oxygen atoms in total. The van der Waals surface area contributed by atoms with Gasteiger partial charge in [0, 0.05) is 18.7 Å². The monoisotopic (exact) mass is 458 g/mol. The maximum absolute atomic E-state index is 13.5. The summed E-state index contributed by atoms with van der Waals surface area (Å²) in [5, 5.41) is 7.87. The highest BCUT2D eigenvalue weighted by Crippen LogP contribution is 2.23. The van der Waals surface area contributed by atoms with E-state index in [1.54, 1.807) is 11.8 Å². The maximum Gasteiger partial charge on any atom is 0.247 e. The number of likely N-dealkylation sites (tertiary alicyclic amines) is 1. The summed E-state index contributed by atoms with van der Waals surface area (Å²) in [5.41, 5.74) is 7.34. The Bertz CT molecular complexity index is 1180. The van der Waals surface area contributed by atoms with E-state index in [9.17, 15) is 14.4 Å². The number of carbonyl (C=O) groups excluding carboxylic acids is 3. The second-order valence-corrected chi connectivity index (χ2v) is 8.78. The highest BCUT2D eigenvalue weighted by atomic mass is 16.2. The number of rotatable bonds is 7. The van der Waals surface area contributed by atoms with E-state index in [2.05, 4.69) is 10.6 Å². The second-order valence-electron chi connectivity index (χ2n) is 8.78. The zero-order valence-corrected chi connectivity index (χ0v) is 19.2. The fourth-order valence-corrected chi connectivity index (χ4v) is 4.35. The Labute approximate surface area is 199 Å². The number of hydrogen-bond acceptors (Lipinski definition) is 4. The Morgan fingerprint density at radius 3 is 2.44 bits per heavy atom. The number of anilines is 1. The lowest BCUT2D eigenvalue weighted by Gasteiger charge is -2.29. The van der Waals surface area contributed by atoms with E-state index in [0.717, 1.165) is 22.8 Å². The minimum atomic E-state index is -0.796. The second kappa shape index (κ2) is 10.5. The molecule has 1 saturated heterocycles. The van der Waals surface area contributed by atoms with E-state index in [-0.39, 0.29) is 11.8 Å².